The fourth-order valence-electron chi connectivity index (χ4n) is 3.70. The van der Waals surface area contributed by atoms with Gasteiger partial charge in [-0.2, -0.15) is 0 Å². The van der Waals surface area contributed by atoms with Crippen molar-refractivity contribution in [3.05, 3.63) is 35.9 Å². The van der Waals surface area contributed by atoms with Crippen molar-refractivity contribution in [2.24, 2.45) is 0 Å². The molecule has 1 aromatic rings. The highest BCUT2D eigenvalue weighted by atomic mass is 16.7. The number of nitrogens with one attached hydrogen (secondary N) is 1. The van der Waals surface area contributed by atoms with Crippen LogP contribution in [0.1, 0.15) is 24.8 Å². The van der Waals surface area contributed by atoms with Gasteiger partial charge in [-0.25, -0.2) is 0 Å². The number of hydrogen-bond donors (Lipinski definition) is 1. The Morgan fingerprint density at radius 3 is 2.68 bits per heavy atom. The number of carbonyl (C=O) groups is 1. The van der Waals surface area contributed by atoms with Crippen LogP contribution < -0.4 is 10.1 Å². The number of methoxy groups -OCH3 is 1. The van der Waals surface area contributed by atoms with E-state index in [0.717, 1.165) is 29.8 Å². The standard InChI is InChI=1S/C17H19NO4/c1-20-12-2-3-13-14(10-12)18-15(19)11-16(13)4-6-17(7-5-16)21-8-9-22-17/h2-4,6,10H,5,7-9,11H2,1H3,(H,18,19). The van der Waals surface area contributed by atoms with Gasteiger partial charge in [-0.3, -0.25) is 4.79 Å². The molecule has 22 heavy (non-hydrogen) atoms. The lowest BCUT2D eigenvalue weighted by Crippen LogP contribution is -2.42. The Morgan fingerprint density at radius 2 is 2.00 bits per heavy atom. The summed E-state index contributed by atoms with van der Waals surface area (Å²) in [4.78, 5) is 12.2. The second kappa shape index (κ2) is 4.83. The van der Waals surface area contributed by atoms with E-state index in [0.29, 0.717) is 19.6 Å². The number of ether oxygens (including phenoxy) is 3. The van der Waals surface area contributed by atoms with Crippen molar-refractivity contribution in [1.82, 2.24) is 0 Å². The maximum absolute atomic E-state index is 12.2. The lowest BCUT2D eigenvalue weighted by atomic mass is 9.68. The summed E-state index contributed by atoms with van der Waals surface area (Å²) in [5.74, 6) is 0.204. The Morgan fingerprint density at radius 1 is 1.18 bits per heavy atom. The number of allylic oxidation sites excluding steroid dienone is 1. The predicted octanol–water partition coefficient (Wildman–Crippen LogP) is 2.37. The molecule has 5 heteroatoms. The molecule has 0 saturated carbocycles. The fourth-order valence-corrected chi connectivity index (χ4v) is 3.70. The normalized spacial score (nSPS) is 28.7. The van der Waals surface area contributed by atoms with Gasteiger partial charge in [0.2, 0.25) is 5.91 Å². The third-order valence-corrected chi connectivity index (χ3v) is 4.87. The Balaban J connectivity index is 1.75. The summed E-state index contributed by atoms with van der Waals surface area (Å²) in [5.41, 5.74) is 1.70. The number of anilines is 1. The molecule has 116 valence electrons. The molecular weight excluding hydrogens is 282 g/mol. The van der Waals surface area contributed by atoms with Crippen LogP contribution in [0.4, 0.5) is 5.69 Å². The minimum absolute atomic E-state index is 0.0367. The monoisotopic (exact) mass is 301 g/mol. The molecule has 1 amide bonds. The Kier molecular flexibility index (Phi) is 3.03. The molecule has 2 spiro atoms. The quantitative estimate of drug-likeness (QED) is 0.809. The van der Waals surface area contributed by atoms with Crippen molar-refractivity contribution in [3.8, 4) is 5.75 Å². The van der Waals surface area contributed by atoms with Crippen molar-refractivity contribution in [3.63, 3.8) is 0 Å². The summed E-state index contributed by atoms with van der Waals surface area (Å²) in [5, 5.41) is 2.95. The van der Waals surface area contributed by atoms with Crippen LogP contribution in [0.3, 0.4) is 0 Å². The van der Waals surface area contributed by atoms with E-state index in [-0.39, 0.29) is 11.3 Å². The van der Waals surface area contributed by atoms with Gasteiger partial charge in [-0.05, 0) is 24.1 Å². The van der Waals surface area contributed by atoms with E-state index in [1.54, 1.807) is 7.11 Å². The topological polar surface area (TPSA) is 56.8 Å². The number of carbonyl (C=O) groups excluding carboxylic acids is 1. The Bertz CT molecular complexity index is 648. The first-order valence-electron chi connectivity index (χ1n) is 7.62. The fraction of sp³-hybridized carbons (Fsp3) is 0.471. The molecule has 1 unspecified atom stereocenters. The average molecular weight is 301 g/mol. The Hall–Kier alpha value is -1.85. The minimum Gasteiger partial charge on any atom is -0.497 e. The zero-order valence-corrected chi connectivity index (χ0v) is 12.6. The van der Waals surface area contributed by atoms with E-state index in [4.69, 9.17) is 14.2 Å². The lowest BCUT2D eigenvalue weighted by molar-refractivity contribution is -0.131. The van der Waals surface area contributed by atoms with Crippen molar-refractivity contribution >= 4 is 11.6 Å². The summed E-state index contributed by atoms with van der Waals surface area (Å²) in [6, 6.07) is 5.88. The van der Waals surface area contributed by atoms with Gasteiger partial charge >= 0.3 is 0 Å². The summed E-state index contributed by atoms with van der Waals surface area (Å²) < 4.78 is 16.7. The highest BCUT2D eigenvalue weighted by Gasteiger charge is 2.46. The van der Waals surface area contributed by atoms with Crippen molar-refractivity contribution in [1.29, 1.82) is 0 Å². The van der Waals surface area contributed by atoms with Crippen LogP contribution in [0, 0.1) is 0 Å². The maximum Gasteiger partial charge on any atom is 0.225 e. The summed E-state index contributed by atoms with van der Waals surface area (Å²) >= 11 is 0. The highest BCUT2D eigenvalue weighted by Crippen LogP contribution is 2.48. The molecule has 2 aliphatic heterocycles. The number of hydrogen-bond acceptors (Lipinski definition) is 4. The first-order chi connectivity index (χ1) is 10.6. The van der Waals surface area contributed by atoms with Crippen LogP contribution in [0.5, 0.6) is 5.75 Å². The molecule has 0 aromatic heterocycles. The predicted molar refractivity (Wildman–Crippen MR) is 80.9 cm³/mol. The van der Waals surface area contributed by atoms with Crippen LogP contribution in [0.25, 0.3) is 0 Å². The average Bonchev–Trinajstić information content (AvgIpc) is 2.98. The van der Waals surface area contributed by atoms with Gasteiger partial charge in [0.05, 0.1) is 20.3 Å². The summed E-state index contributed by atoms with van der Waals surface area (Å²) in [6.07, 6.45) is 6.15. The maximum atomic E-state index is 12.2. The first-order valence-corrected chi connectivity index (χ1v) is 7.62. The molecular formula is C17H19NO4. The van der Waals surface area contributed by atoms with Gasteiger partial charge < -0.3 is 19.5 Å². The number of rotatable bonds is 1. The zero-order valence-electron chi connectivity index (χ0n) is 12.6. The molecule has 1 aromatic carbocycles. The van der Waals surface area contributed by atoms with Crippen molar-refractivity contribution in [2.45, 2.75) is 30.5 Å². The van der Waals surface area contributed by atoms with Crippen LogP contribution in [-0.4, -0.2) is 32.0 Å². The second-order valence-corrected chi connectivity index (χ2v) is 6.13. The van der Waals surface area contributed by atoms with E-state index in [9.17, 15) is 4.79 Å². The van der Waals surface area contributed by atoms with Crippen molar-refractivity contribution < 1.29 is 19.0 Å². The van der Waals surface area contributed by atoms with E-state index >= 15 is 0 Å². The number of fused-ring (bicyclic) bond motifs is 2. The van der Waals surface area contributed by atoms with Gasteiger partial charge in [0.25, 0.3) is 0 Å². The number of amides is 1. The van der Waals surface area contributed by atoms with Gasteiger partial charge in [-0.1, -0.05) is 12.1 Å². The number of benzene rings is 1. The largest absolute Gasteiger partial charge is 0.497 e. The molecule has 4 rings (SSSR count). The van der Waals surface area contributed by atoms with Crippen LogP contribution in [0.15, 0.2) is 30.4 Å². The SMILES string of the molecule is COc1ccc2c(c1)NC(=O)CC21C=CC2(CC1)OCCO2. The van der Waals surface area contributed by atoms with Gasteiger partial charge in [0, 0.05) is 30.0 Å². The van der Waals surface area contributed by atoms with Crippen LogP contribution in [0.2, 0.25) is 0 Å². The first kappa shape index (κ1) is 13.8. The Labute approximate surface area is 129 Å². The molecule has 5 nitrogen and oxygen atoms in total. The van der Waals surface area contributed by atoms with Gasteiger partial charge in [0.15, 0.2) is 5.79 Å². The van der Waals surface area contributed by atoms with Crippen molar-refractivity contribution in [2.75, 3.05) is 25.6 Å². The third-order valence-electron chi connectivity index (χ3n) is 4.87. The molecule has 3 aliphatic rings. The van der Waals surface area contributed by atoms with Gasteiger partial charge in [-0.15, -0.1) is 0 Å². The summed E-state index contributed by atoms with van der Waals surface area (Å²) in [6.45, 7) is 1.26. The molecule has 2 heterocycles. The molecule has 1 fully saturated rings. The highest BCUT2D eigenvalue weighted by molar-refractivity contribution is 5.96. The van der Waals surface area contributed by atoms with Gasteiger partial charge in [0.1, 0.15) is 5.75 Å². The smallest absolute Gasteiger partial charge is 0.225 e. The van der Waals surface area contributed by atoms with E-state index in [1.807, 2.05) is 24.3 Å². The molecule has 0 radical (unpaired) electrons. The molecule has 1 aliphatic carbocycles. The van der Waals surface area contributed by atoms with Crippen LogP contribution in [-0.2, 0) is 19.7 Å². The lowest BCUT2D eigenvalue weighted by Gasteiger charge is -2.42. The van der Waals surface area contributed by atoms with Crippen LogP contribution >= 0.6 is 0 Å². The zero-order chi connectivity index (χ0) is 15.2. The molecule has 1 N–H and O–H groups in total. The minimum atomic E-state index is -0.578. The molecule has 1 atom stereocenters. The van der Waals surface area contributed by atoms with E-state index in [1.165, 1.54) is 0 Å². The summed E-state index contributed by atoms with van der Waals surface area (Å²) in [7, 11) is 1.63. The molecule has 0 bridgehead atoms. The third kappa shape index (κ3) is 2.04. The van der Waals surface area contributed by atoms with E-state index in [2.05, 4.69) is 11.4 Å². The van der Waals surface area contributed by atoms with E-state index < -0.39 is 5.79 Å². The second-order valence-electron chi connectivity index (χ2n) is 6.13. The molecule has 1 saturated heterocycles.